The summed E-state index contributed by atoms with van der Waals surface area (Å²) in [6.45, 7) is 1.80. The van der Waals surface area contributed by atoms with Crippen LogP contribution >= 0.6 is 0 Å². The summed E-state index contributed by atoms with van der Waals surface area (Å²) in [5.74, 6) is -0.447. The second-order valence-electron chi connectivity index (χ2n) is 4.80. The highest BCUT2D eigenvalue weighted by atomic mass is 16.5. The van der Waals surface area contributed by atoms with E-state index < -0.39 is 5.97 Å². The zero-order chi connectivity index (χ0) is 14.6. The van der Waals surface area contributed by atoms with Crippen molar-refractivity contribution >= 4 is 17.3 Å². The van der Waals surface area contributed by atoms with Gasteiger partial charge in [0, 0.05) is 26.7 Å². The van der Waals surface area contributed by atoms with Crippen molar-refractivity contribution in [2.45, 2.75) is 12.0 Å². The zero-order valence-electron chi connectivity index (χ0n) is 11.8. The molecule has 3 N–H and O–H groups in total. The number of nitrogens with two attached hydrogens (primary N) is 1. The number of anilines is 2. The monoisotopic (exact) mass is 280 g/mol. The van der Waals surface area contributed by atoms with Gasteiger partial charge in [-0.2, -0.15) is 0 Å². The molecule has 1 heterocycles. The smallest absolute Gasteiger partial charge is 0.340 e. The Kier molecular flexibility index (Phi) is 4.46. The van der Waals surface area contributed by atoms with Gasteiger partial charge < -0.3 is 25.3 Å². The number of ether oxygens (including phenoxy) is 3. The number of nitrogen functional groups attached to an aromatic ring is 1. The van der Waals surface area contributed by atoms with Gasteiger partial charge in [0.15, 0.2) is 0 Å². The van der Waals surface area contributed by atoms with Crippen LogP contribution < -0.4 is 11.1 Å². The number of nitrogens with one attached hydrogen (secondary N) is 1. The predicted octanol–water partition coefficient (Wildman–Crippen LogP) is 1.27. The van der Waals surface area contributed by atoms with Gasteiger partial charge in [-0.3, -0.25) is 0 Å². The van der Waals surface area contributed by atoms with Crippen LogP contribution in [0.4, 0.5) is 11.4 Å². The largest absolute Gasteiger partial charge is 0.465 e. The molecule has 20 heavy (non-hydrogen) atoms. The number of methoxy groups -OCH3 is 2. The van der Waals surface area contributed by atoms with Crippen molar-refractivity contribution < 1.29 is 19.0 Å². The maximum absolute atomic E-state index is 11.6. The quantitative estimate of drug-likeness (QED) is 0.624. The van der Waals surface area contributed by atoms with Gasteiger partial charge >= 0.3 is 5.97 Å². The van der Waals surface area contributed by atoms with E-state index in [-0.39, 0.29) is 5.60 Å². The van der Waals surface area contributed by atoms with Crippen molar-refractivity contribution in [3.63, 3.8) is 0 Å². The van der Waals surface area contributed by atoms with E-state index in [4.69, 9.17) is 19.9 Å². The Morgan fingerprint density at radius 1 is 1.50 bits per heavy atom. The molecule has 1 atom stereocenters. The normalized spacial score (nSPS) is 21.7. The average molecular weight is 280 g/mol. The number of hydrogen-bond donors (Lipinski definition) is 2. The summed E-state index contributed by atoms with van der Waals surface area (Å²) in [7, 11) is 3.00. The third-order valence-electron chi connectivity index (χ3n) is 3.61. The first-order valence-electron chi connectivity index (χ1n) is 6.45. The number of hydrogen-bond acceptors (Lipinski definition) is 6. The molecule has 0 saturated carbocycles. The number of esters is 1. The van der Waals surface area contributed by atoms with Crippen LogP contribution in [0.15, 0.2) is 18.2 Å². The van der Waals surface area contributed by atoms with Crippen LogP contribution in [0.1, 0.15) is 16.8 Å². The van der Waals surface area contributed by atoms with E-state index in [0.717, 1.165) is 6.42 Å². The van der Waals surface area contributed by atoms with Gasteiger partial charge in [0.2, 0.25) is 0 Å². The Morgan fingerprint density at radius 3 is 2.90 bits per heavy atom. The summed E-state index contributed by atoms with van der Waals surface area (Å²) >= 11 is 0. The maximum Gasteiger partial charge on any atom is 0.340 e. The molecule has 0 spiro atoms. The number of rotatable bonds is 5. The van der Waals surface area contributed by atoms with Crippen LogP contribution in [-0.2, 0) is 14.2 Å². The minimum Gasteiger partial charge on any atom is -0.465 e. The average Bonchev–Trinajstić information content (AvgIpc) is 2.95. The van der Waals surface area contributed by atoms with Crippen LogP contribution in [0, 0.1) is 0 Å². The summed E-state index contributed by atoms with van der Waals surface area (Å²) in [5.41, 5.74) is 7.08. The van der Waals surface area contributed by atoms with Crippen LogP contribution in [0.25, 0.3) is 0 Å². The molecule has 1 aliphatic rings. The zero-order valence-corrected chi connectivity index (χ0v) is 11.8. The van der Waals surface area contributed by atoms with Crippen LogP contribution in [0.5, 0.6) is 0 Å². The maximum atomic E-state index is 11.6. The highest BCUT2D eigenvalue weighted by Gasteiger charge is 2.34. The van der Waals surface area contributed by atoms with Crippen molar-refractivity contribution in [3.05, 3.63) is 23.8 Å². The molecule has 0 amide bonds. The lowest BCUT2D eigenvalue weighted by Crippen LogP contribution is -2.39. The number of carbonyl (C=O) groups is 1. The summed E-state index contributed by atoms with van der Waals surface area (Å²) in [4.78, 5) is 11.6. The molecule has 0 bridgehead atoms. The molecule has 1 aromatic carbocycles. The standard InChI is InChI=1S/C14H20N2O4/c1-18-13(17)10-4-3-5-11(12(10)15)16-8-14(19-2)6-7-20-9-14/h3-5,16H,6-9,15H2,1-2H3. The first-order valence-corrected chi connectivity index (χ1v) is 6.45. The van der Waals surface area contributed by atoms with E-state index in [1.807, 2.05) is 6.07 Å². The van der Waals surface area contributed by atoms with Gasteiger partial charge in [-0.25, -0.2) is 4.79 Å². The Hall–Kier alpha value is -1.79. The molecule has 1 saturated heterocycles. The fraction of sp³-hybridized carbons (Fsp3) is 0.500. The molecular formula is C14H20N2O4. The predicted molar refractivity (Wildman–Crippen MR) is 75.9 cm³/mol. The lowest BCUT2D eigenvalue weighted by atomic mass is 10.0. The minimum absolute atomic E-state index is 0.340. The molecule has 6 nitrogen and oxygen atoms in total. The second-order valence-corrected chi connectivity index (χ2v) is 4.80. The lowest BCUT2D eigenvalue weighted by molar-refractivity contribution is -0.00618. The highest BCUT2D eigenvalue weighted by molar-refractivity contribution is 5.98. The summed E-state index contributed by atoms with van der Waals surface area (Å²) < 4.78 is 15.6. The molecule has 1 fully saturated rings. The molecule has 6 heteroatoms. The van der Waals surface area contributed by atoms with Gasteiger partial charge in [0.25, 0.3) is 0 Å². The lowest BCUT2D eigenvalue weighted by Gasteiger charge is -2.27. The highest BCUT2D eigenvalue weighted by Crippen LogP contribution is 2.27. The molecule has 1 aromatic rings. The molecule has 0 aromatic heterocycles. The Balaban J connectivity index is 2.12. The summed E-state index contributed by atoms with van der Waals surface area (Å²) in [6, 6.07) is 5.22. The summed E-state index contributed by atoms with van der Waals surface area (Å²) in [6.07, 6.45) is 0.826. The van der Waals surface area contributed by atoms with Gasteiger partial charge in [-0.15, -0.1) is 0 Å². The van der Waals surface area contributed by atoms with E-state index in [2.05, 4.69) is 5.32 Å². The van der Waals surface area contributed by atoms with Gasteiger partial charge in [-0.05, 0) is 12.1 Å². The first-order chi connectivity index (χ1) is 9.62. The summed E-state index contributed by atoms with van der Waals surface area (Å²) in [5, 5.41) is 3.23. The Bertz CT molecular complexity index is 484. The van der Waals surface area contributed by atoms with Gasteiger partial charge in [-0.1, -0.05) is 6.07 Å². The second kappa shape index (κ2) is 6.11. The third kappa shape index (κ3) is 2.86. The third-order valence-corrected chi connectivity index (χ3v) is 3.61. The fourth-order valence-corrected chi connectivity index (χ4v) is 2.22. The van der Waals surface area contributed by atoms with Gasteiger partial charge in [0.1, 0.15) is 5.60 Å². The molecule has 0 aliphatic carbocycles. The van der Waals surface area contributed by atoms with Crippen LogP contribution in [0.2, 0.25) is 0 Å². The van der Waals surface area contributed by atoms with E-state index >= 15 is 0 Å². The fourth-order valence-electron chi connectivity index (χ4n) is 2.22. The van der Waals surface area contributed by atoms with E-state index in [9.17, 15) is 4.79 Å². The van der Waals surface area contributed by atoms with E-state index in [0.29, 0.717) is 36.7 Å². The Morgan fingerprint density at radius 2 is 2.30 bits per heavy atom. The van der Waals surface area contributed by atoms with Gasteiger partial charge in [0.05, 0.1) is 30.7 Å². The van der Waals surface area contributed by atoms with Crippen molar-refractivity contribution in [2.75, 3.05) is 45.0 Å². The van der Waals surface area contributed by atoms with Crippen LogP contribution in [-0.4, -0.2) is 45.5 Å². The molecular weight excluding hydrogens is 260 g/mol. The number of para-hydroxylation sites is 1. The van der Waals surface area contributed by atoms with Crippen molar-refractivity contribution in [2.24, 2.45) is 0 Å². The van der Waals surface area contributed by atoms with Crippen molar-refractivity contribution in [1.29, 1.82) is 0 Å². The van der Waals surface area contributed by atoms with E-state index in [1.54, 1.807) is 19.2 Å². The van der Waals surface area contributed by atoms with Crippen LogP contribution in [0.3, 0.4) is 0 Å². The number of carbonyl (C=O) groups excluding carboxylic acids is 1. The topological polar surface area (TPSA) is 82.8 Å². The number of benzene rings is 1. The van der Waals surface area contributed by atoms with E-state index in [1.165, 1.54) is 7.11 Å². The minimum atomic E-state index is -0.447. The molecule has 1 unspecified atom stereocenters. The SMILES string of the molecule is COC(=O)c1cccc(NCC2(OC)CCOC2)c1N. The molecule has 2 rings (SSSR count). The molecule has 1 aliphatic heterocycles. The Labute approximate surface area is 118 Å². The first kappa shape index (κ1) is 14.6. The molecule has 0 radical (unpaired) electrons. The molecule has 110 valence electrons. The van der Waals surface area contributed by atoms with Crippen molar-refractivity contribution in [3.8, 4) is 0 Å². The van der Waals surface area contributed by atoms with Crippen molar-refractivity contribution in [1.82, 2.24) is 0 Å².